The number of rotatable bonds is 2. The van der Waals surface area contributed by atoms with E-state index < -0.39 is 0 Å². The first-order chi connectivity index (χ1) is 14.6. The van der Waals surface area contributed by atoms with Gasteiger partial charge >= 0.3 is 6.03 Å². The minimum absolute atomic E-state index is 0.0302. The Hall–Kier alpha value is -2.86. The van der Waals surface area contributed by atoms with Crippen molar-refractivity contribution in [3.63, 3.8) is 0 Å². The number of nitrogens with zero attached hydrogens (tertiary/aromatic N) is 2. The average Bonchev–Trinajstić information content (AvgIpc) is 2.73. The molecule has 6 nitrogen and oxygen atoms in total. The first kappa shape index (κ1) is 19.1. The molecule has 3 amide bonds. The Morgan fingerprint density at radius 2 is 1.80 bits per heavy atom. The van der Waals surface area contributed by atoms with Crippen LogP contribution < -0.4 is 5.32 Å². The molecular formula is C24H27N3O3. The monoisotopic (exact) mass is 405 g/mol. The number of hydrogen-bond donors (Lipinski definition) is 1. The maximum absolute atomic E-state index is 12.9. The number of urea groups is 1. The molecule has 30 heavy (non-hydrogen) atoms. The van der Waals surface area contributed by atoms with Gasteiger partial charge in [0.05, 0.1) is 12.1 Å². The van der Waals surface area contributed by atoms with Crippen LogP contribution in [0.15, 0.2) is 48.5 Å². The molecule has 156 valence electrons. The number of benzene rings is 2. The van der Waals surface area contributed by atoms with E-state index in [2.05, 4.69) is 60.8 Å². The van der Waals surface area contributed by atoms with Gasteiger partial charge in [-0.05, 0) is 35.6 Å². The predicted octanol–water partition coefficient (Wildman–Crippen LogP) is 2.77. The minimum Gasteiger partial charge on any atom is -0.366 e. The Morgan fingerprint density at radius 1 is 1.03 bits per heavy atom. The average molecular weight is 405 g/mol. The molecule has 0 bridgehead atoms. The van der Waals surface area contributed by atoms with Crippen molar-refractivity contribution in [2.75, 3.05) is 32.8 Å². The molecule has 5 rings (SSSR count). The number of aryl methyl sites for hydroxylation is 1. The van der Waals surface area contributed by atoms with Crippen molar-refractivity contribution < 1.29 is 14.3 Å². The molecule has 0 unspecified atom stereocenters. The first-order valence-electron chi connectivity index (χ1n) is 10.7. The summed E-state index contributed by atoms with van der Waals surface area (Å²) in [6.07, 6.45) is 0.802. The number of carbonyl (C=O) groups is 2. The van der Waals surface area contributed by atoms with Gasteiger partial charge in [0.1, 0.15) is 6.61 Å². The lowest BCUT2D eigenvalue weighted by Gasteiger charge is -2.46. The predicted molar refractivity (Wildman–Crippen MR) is 114 cm³/mol. The maximum atomic E-state index is 12.9. The van der Waals surface area contributed by atoms with Crippen molar-refractivity contribution >= 4 is 11.9 Å². The van der Waals surface area contributed by atoms with E-state index in [9.17, 15) is 9.59 Å². The van der Waals surface area contributed by atoms with Crippen LogP contribution in [-0.4, -0.2) is 66.7 Å². The molecule has 2 atom stereocenters. The van der Waals surface area contributed by atoms with Gasteiger partial charge in [-0.15, -0.1) is 0 Å². The smallest absolute Gasteiger partial charge is 0.320 e. The van der Waals surface area contributed by atoms with Gasteiger partial charge in [-0.2, -0.15) is 0 Å². The lowest BCUT2D eigenvalue weighted by atomic mass is 9.90. The summed E-state index contributed by atoms with van der Waals surface area (Å²) in [5, 5.41) is 2.96. The zero-order valence-corrected chi connectivity index (χ0v) is 17.2. The zero-order chi connectivity index (χ0) is 20.7. The molecule has 6 heteroatoms. The third kappa shape index (κ3) is 3.56. The van der Waals surface area contributed by atoms with E-state index in [0.29, 0.717) is 19.0 Å². The van der Waals surface area contributed by atoms with Gasteiger partial charge in [-0.3, -0.25) is 4.79 Å². The molecular weight excluding hydrogens is 378 g/mol. The summed E-state index contributed by atoms with van der Waals surface area (Å²) >= 11 is 0. The van der Waals surface area contributed by atoms with Gasteiger partial charge in [0.2, 0.25) is 5.91 Å². The van der Waals surface area contributed by atoms with Gasteiger partial charge in [0, 0.05) is 32.1 Å². The number of piperidine rings is 1. The number of amides is 3. The highest BCUT2D eigenvalue weighted by Gasteiger charge is 2.40. The highest BCUT2D eigenvalue weighted by atomic mass is 16.5. The van der Waals surface area contributed by atoms with Gasteiger partial charge in [0.25, 0.3) is 0 Å². The lowest BCUT2D eigenvalue weighted by molar-refractivity contribution is -0.139. The van der Waals surface area contributed by atoms with Crippen molar-refractivity contribution in [1.29, 1.82) is 0 Å². The second-order valence-corrected chi connectivity index (χ2v) is 8.58. The Labute approximate surface area is 176 Å². The molecule has 1 N–H and O–H groups in total. The summed E-state index contributed by atoms with van der Waals surface area (Å²) in [6, 6.07) is 17.1. The van der Waals surface area contributed by atoms with E-state index >= 15 is 0 Å². The van der Waals surface area contributed by atoms with Gasteiger partial charge in [0.15, 0.2) is 0 Å². The number of likely N-dealkylation sites (tertiary alicyclic amines) is 2. The lowest BCUT2D eigenvalue weighted by Crippen LogP contribution is -2.63. The summed E-state index contributed by atoms with van der Waals surface area (Å²) in [6.45, 7) is 4.97. The SMILES string of the molecule is Cc1ccccc1-c1ccc(C2CN(C(=O)N3CC[C@@H]4OCC(=O)N[C@@H]4C3)C2)cc1. The molecule has 2 aromatic rings. The number of fused-ring (bicyclic) bond motifs is 1. The van der Waals surface area contributed by atoms with Crippen molar-refractivity contribution in [1.82, 2.24) is 15.1 Å². The molecule has 3 saturated heterocycles. The molecule has 0 saturated carbocycles. The van der Waals surface area contributed by atoms with Crippen LogP contribution in [0, 0.1) is 6.92 Å². The highest BCUT2D eigenvalue weighted by molar-refractivity contribution is 5.79. The van der Waals surface area contributed by atoms with Crippen molar-refractivity contribution in [2.24, 2.45) is 0 Å². The maximum Gasteiger partial charge on any atom is 0.320 e. The van der Waals surface area contributed by atoms with E-state index in [4.69, 9.17) is 4.74 Å². The number of ether oxygens (including phenoxy) is 1. The van der Waals surface area contributed by atoms with E-state index in [1.54, 1.807) is 0 Å². The van der Waals surface area contributed by atoms with E-state index in [-0.39, 0.29) is 30.7 Å². The topological polar surface area (TPSA) is 61.9 Å². The Bertz CT molecular complexity index is 952. The van der Waals surface area contributed by atoms with Crippen molar-refractivity contribution in [2.45, 2.75) is 31.4 Å². The molecule has 0 aromatic heterocycles. The molecule has 3 fully saturated rings. The standard InChI is InChI=1S/C24H27N3O3/c1-16-4-2-3-5-20(16)18-8-6-17(7-9-18)19-12-27(13-19)24(29)26-11-10-22-21(14-26)25-23(28)15-30-22/h2-9,19,21-22H,10-15H2,1H3,(H,25,28)/t21-,22+/m1/s1. The molecule has 3 aliphatic rings. The fraction of sp³-hybridized carbons (Fsp3) is 0.417. The molecule has 2 aromatic carbocycles. The largest absolute Gasteiger partial charge is 0.366 e. The number of morpholine rings is 1. The van der Waals surface area contributed by atoms with Gasteiger partial charge < -0.3 is 19.9 Å². The molecule has 3 aliphatic heterocycles. The fourth-order valence-electron chi connectivity index (χ4n) is 4.75. The summed E-state index contributed by atoms with van der Waals surface area (Å²) in [5.74, 6) is 0.291. The summed E-state index contributed by atoms with van der Waals surface area (Å²) < 4.78 is 5.58. The summed E-state index contributed by atoms with van der Waals surface area (Å²) in [4.78, 5) is 28.2. The second-order valence-electron chi connectivity index (χ2n) is 8.58. The quantitative estimate of drug-likeness (QED) is 0.836. The number of nitrogens with one attached hydrogen (secondary N) is 1. The second kappa shape index (κ2) is 7.76. The first-order valence-corrected chi connectivity index (χ1v) is 10.7. The van der Waals surface area contributed by atoms with Gasteiger partial charge in [-0.1, -0.05) is 48.5 Å². The van der Waals surface area contributed by atoms with Crippen LogP contribution in [0.1, 0.15) is 23.5 Å². The van der Waals surface area contributed by atoms with Crippen LogP contribution >= 0.6 is 0 Å². The van der Waals surface area contributed by atoms with Crippen LogP contribution in [0.2, 0.25) is 0 Å². The molecule has 0 radical (unpaired) electrons. The summed E-state index contributed by atoms with van der Waals surface area (Å²) in [7, 11) is 0. The van der Waals surface area contributed by atoms with Crippen molar-refractivity contribution in [3.8, 4) is 11.1 Å². The van der Waals surface area contributed by atoms with Gasteiger partial charge in [-0.25, -0.2) is 4.79 Å². The van der Waals surface area contributed by atoms with E-state index in [1.165, 1.54) is 22.3 Å². The minimum atomic E-state index is -0.0938. The Morgan fingerprint density at radius 3 is 2.57 bits per heavy atom. The van der Waals surface area contributed by atoms with E-state index in [1.807, 2.05) is 9.80 Å². The third-order valence-electron chi connectivity index (χ3n) is 6.59. The highest BCUT2D eigenvalue weighted by Crippen LogP contribution is 2.31. The molecule has 3 heterocycles. The Kier molecular flexibility index (Phi) is 4.95. The number of hydrogen-bond acceptors (Lipinski definition) is 3. The molecule has 0 aliphatic carbocycles. The van der Waals surface area contributed by atoms with Crippen LogP contribution in [0.25, 0.3) is 11.1 Å². The van der Waals surface area contributed by atoms with Crippen LogP contribution in [-0.2, 0) is 9.53 Å². The van der Waals surface area contributed by atoms with E-state index in [0.717, 1.165) is 19.5 Å². The fourth-order valence-corrected chi connectivity index (χ4v) is 4.75. The van der Waals surface area contributed by atoms with Crippen molar-refractivity contribution in [3.05, 3.63) is 59.7 Å². The van der Waals surface area contributed by atoms with Crippen LogP contribution in [0.4, 0.5) is 4.79 Å². The number of carbonyl (C=O) groups excluding carboxylic acids is 2. The van der Waals surface area contributed by atoms with Crippen LogP contribution in [0.5, 0.6) is 0 Å². The zero-order valence-electron chi connectivity index (χ0n) is 17.2. The third-order valence-corrected chi connectivity index (χ3v) is 6.59. The molecule has 0 spiro atoms. The van der Waals surface area contributed by atoms with Crippen LogP contribution in [0.3, 0.4) is 0 Å². The Balaban J connectivity index is 1.18. The summed E-state index contributed by atoms with van der Waals surface area (Å²) in [5.41, 5.74) is 5.04. The normalized spacial score (nSPS) is 24.1.